The van der Waals surface area contributed by atoms with Crippen molar-refractivity contribution < 1.29 is 23.3 Å². The second kappa shape index (κ2) is 11.0. The number of amides is 2. The molecule has 1 aromatic heterocycles. The number of nitrogens with zero attached hydrogens (tertiary/aromatic N) is 3. The highest BCUT2D eigenvalue weighted by Crippen LogP contribution is 2.26. The standard InChI is InChI=1S/C25H26FN5O5/c1-17-4-9-20(21(15-17)31(34)35)28-25(33)24(32)27-16-22(23-3-2-14-36-23)30-12-10-29(11-13-30)19-7-5-18(26)6-8-19/h2-9,14-15,22H,10-13,16H2,1H3,(H,27,32)(H,28,33). The summed E-state index contributed by atoms with van der Waals surface area (Å²) < 4.78 is 18.8. The Morgan fingerprint density at radius 2 is 1.81 bits per heavy atom. The van der Waals surface area contributed by atoms with Crippen LogP contribution in [0.5, 0.6) is 0 Å². The Morgan fingerprint density at radius 1 is 1.08 bits per heavy atom. The molecule has 1 saturated heterocycles. The maximum absolute atomic E-state index is 13.2. The van der Waals surface area contributed by atoms with E-state index in [-0.39, 0.29) is 29.8 Å². The number of nitro groups is 1. The van der Waals surface area contributed by atoms with E-state index in [9.17, 15) is 24.1 Å². The molecule has 36 heavy (non-hydrogen) atoms. The van der Waals surface area contributed by atoms with Gasteiger partial charge in [0.15, 0.2) is 0 Å². The van der Waals surface area contributed by atoms with Crippen LogP contribution in [0.15, 0.2) is 65.3 Å². The van der Waals surface area contributed by atoms with E-state index >= 15 is 0 Å². The van der Waals surface area contributed by atoms with Crippen molar-refractivity contribution in [1.29, 1.82) is 0 Å². The lowest BCUT2D eigenvalue weighted by molar-refractivity contribution is -0.384. The average molecular weight is 496 g/mol. The van der Waals surface area contributed by atoms with Crippen molar-refractivity contribution in [2.45, 2.75) is 13.0 Å². The second-order valence-corrected chi connectivity index (χ2v) is 8.47. The monoisotopic (exact) mass is 495 g/mol. The fraction of sp³-hybridized carbons (Fsp3) is 0.280. The minimum Gasteiger partial charge on any atom is -0.468 e. The minimum absolute atomic E-state index is 0.0507. The van der Waals surface area contributed by atoms with Gasteiger partial charge in [0.05, 0.1) is 17.2 Å². The van der Waals surface area contributed by atoms with Crippen molar-refractivity contribution in [2.75, 3.05) is 42.9 Å². The van der Waals surface area contributed by atoms with Gasteiger partial charge >= 0.3 is 11.8 Å². The third-order valence-electron chi connectivity index (χ3n) is 6.08. The highest BCUT2D eigenvalue weighted by Gasteiger charge is 2.28. The molecule has 0 saturated carbocycles. The highest BCUT2D eigenvalue weighted by atomic mass is 19.1. The fourth-order valence-electron chi connectivity index (χ4n) is 4.18. The third-order valence-corrected chi connectivity index (χ3v) is 6.08. The molecule has 0 radical (unpaired) electrons. The number of hydrogen-bond acceptors (Lipinski definition) is 7. The number of anilines is 2. The van der Waals surface area contributed by atoms with Crippen molar-refractivity contribution in [2.24, 2.45) is 0 Å². The summed E-state index contributed by atoms with van der Waals surface area (Å²) in [4.78, 5) is 40.0. The number of carbonyl (C=O) groups is 2. The van der Waals surface area contributed by atoms with Gasteiger partial charge in [0.1, 0.15) is 17.3 Å². The zero-order valence-corrected chi connectivity index (χ0v) is 19.6. The Hall–Kier alpha value is -4.25. The maximum Gasteiger partial charge on any atom is 0.313 e. The summed E-state index contributed by atoms with van der Waals surface area (Å²) in [6.45, 7) is 4.48. The number of rotatable bonds is 7. The number of halogens is 1. The van der Waals surface area contributed by atoms with E-state index in [4.69, 9.17) is 4.42 Å². The first kappa shape index (κ1) is 24.9. The molecular weight excluding hydrogens is 469 g/mol. The number of aryl methyl sites for hydroxylation is 1. The van der Waals surface area contributed by atoms with Crippen LogP contribution in [-0.2, 0) is 9.59 Å². The summed E-state index contributed by atoms with van der Waals surface area (Å²) >= 11 is 0. The Kier molecular flexibility index (Phi) is 7.59. The van der Waals surface area contributed by atoms with Crippen LogP contribution in [0.2, 0.25) is 0 Å². The Morgan fingerprint density at radius 3 is 2.44 bits per heavy atom. The molecule has 1 fully saturated rings. The zero-order chi connectivity index (χ0) is 25.7. The largest absolute Gasteiger partial charge is 0.468 e. The van der Waals surface area contributed by atoms with Gasteiger partial charge in [-0.2, -0.15) is 0 Å². The molecule has 11 heteroatoms. The van der Waals surface area contributed by atoms with Gasteiger partial charge in [-0.05, 0) is 55.0 Å². The molecule has 188 valence electrons. The zero-order valence-electron chi connectivity index (χ0n) is 19.6. The molecule has 4 rings (SSSR count). The lowest BCUT2D eigenvalue weighted by Gasteiger charge is -2.39. The highest BCUT2D eigenvalue weighted by molar-refractivity contribution is 6.39. The van der Waals surface area contributed by atoms with E-state index in [1.807, 2.05) is 0 Å². The van der Waals surface area contributed by atoms with E-state index in [0.29, 0.717) is 37.5 Å². The van der Waals surface area contributed by atoms with Gasteiger partial charge < -0.3 is 20.0 Å². The quantitative estimate of drug-likeness (QED) is 0.293. The summed E-state index contributed by atoms with van der Waals surface area (Å²) in [5, 5.41) is 16.2. The Balaban J connectivity index is 1.38. The maximum atomic E-state index is 13.2. The topological polar surface area (TPSA) is 121 Å². The smallest absolute Gasteiger partial charge is 0.313 e. The molecule has 0 aliphatic carbocycles. The van der Waals surface area contributed by atoms with E-state index in [2.05, 4.69) is 20.4 Å². The predicted molar refractivity (Wildman–Crippen MR) is 131 cm³/mol. The van der Waals surface area contributed by atoms with Gasteiger partial charge in [0, 0.05) is 44.5 Å². The number of nitro benzene ring substituents is 1. The first-order chi connectivity index (χ1) is 17.3. The molecule has 2 amide bonds. The summed E-state index contributed by atoms with van der Waals surface area (Å²) in [6, 6.07) is 13.9. The molecule has 1 aliphatic rings. The van der Waals surface area contributed by atoms with Gasteiger partial charge in [-0.3, -0.25) is 24.6 Å². The van der Waals surface area contributed by atoms with Gasteiger partial charge in [-0.25, -0.2) is 4.39 Å². The molecule has 1 aliphatic heterocycles. The van der Waals surface area contributed by atoms with Crippen LogP contribution in [0.1, 0.15) is 17.4 Å². The van der Waals surface area contributed by atoms with E-state index in [1.165, 1.54) is 24.3 Å². The van der Waals surface area contributed by atoms with Gasteiger partial charge in [0.25, 0.3) is 5.69 Å². The van der Waals surface area contributed by atoms with Crippen molar-refractivity contribution >= 4 is 28.9 Å². The average Bonchev–Trinajstić information content (AvgIpc) is 3.40. The molecule has 0 spiro atoms. The van der Waals surface area contributed by atoms with Crippen LogP contribution in [0.3, 0.4) is 0 Å². The molecule has 10 nitrogen and oxygen atoms in total. The summed E-state index contributed by atoms with van der Waals surface area (Å²) in [5.74, 6) is -1.56. The molecule has 0 bridgehead atoms. The lowest BCUT2D eigenvalue weighted by Crippen LogP contribution is -2.50. The summed E-state index contributed by atoms with van der Waals surface area (Å²) in [6.07, 6.45) is 1.54. The van der Waals surface area contributed by atoms with Crippen molar-refractivity contribution in [3.63, 3.8) is 0 Å². The fourth-order valence-corrected chi connectivity index (χ4v) is 4.18. The Labute approximate surface area is 206 Å². The normalized spacial score (nSPS) is 14.8. The van der Waals surface area contributed by atoms with Crippen molar-refractivity contribution in [1.82, 2.24) is 10.2 Å². The molecule has 2 N–H and O–H groups in total. The molecule has 3 aromatic rings. The molecule has 1 unspecified atom stereocenters. The van der Waals surface area contributed by atoms with Gasteiger partial charge in [-0.15, -0.1) is 0 Å². The first-order valence-corrected chi connectivity index (χ1v) is 11.4. The van der Waals surface area contributed by atoms with Gasteiger partial charge in [0.2, 0.25) is 0 Å². The van der Waals surface area contributed by atoms with Crippen LogP contribution in [0.4, 0.5) is 21.5 Å². The molecular formula is C25H26FN5O5. The van der Waals surface area contributed by atoms with Crippen molar-refractivity contribution in [3.8, 4) is 0 Å². The van der Waals surface area contributed by atoms with Crippen LogP contribution in [0.25, 0.3) is 0 Å². The summed E-state index contributed by atoms with van der Waals surface area (Å²) in [7, 11) is 0. The van der Waals surface area contributed by atoms with E-state index in [1.54, 1.807) is 43.5 Å². The number of hydrogen-bond donors (Lipinski definition) is 2. The molecule has 1 atom stereocenters. The van der Waals surface area contributed by atoms with Crippen LogP contribution in [-0.4, -0.2) is 54.4 Å². The van der Waals surface area contributed by atoms with Crippen LogP contribution >= 0.6 is 0 Å². The van der Waals surface area contributed by atoms with Crippen LogP contribution < -0.4 is 15.5 Å². The number of nitrogens with one attached hydrogen (secondary N) is 2. The first-order valence-electron chi connectivity index (χ1n) is 11.4. The SMILES string of the molecule is Cc1ccc(NC(=O)C(=O)NCC(c2ccco2)N2CCN(c3ccc(F)cc3)CC2)c([N+](=O)[O-])c1. The summed E-state index contributed by atoms with van der Waals surface area (Å²) in [5.41, 5.74) is 1.25. The van der Waals surface area contributed by atoms with Crippen LogP contribution in [0, 0.1) is 22.9 Å². The predicted octanol–water partition coefficient (Wildman–Crippen LogP) is 3.25. The van der Waals surface area contributed by atoms with E-state index < -0.39 is 16.7 Å². The minimum atomic E-state index is -0.999. The second-order valence-electron chi connectivity index (χ2n) is 8.47. The molecule has 2 heterocycles. The number of benzene rings is 2. The van der Waals surface area contributed by atoms with Crippen molar-refractivity contribution in [3.05, 3.63) is 88.1 Å². The number of furan rings is 1. The lowest BCUT2D eigenvalue weighted by atomic mass is 10.1. The van der Waals surface area contributed by atoms with E-state index in [0.717, 1.165) is 5.69 Å². The molecule has 2 aromatic carbocycles. The number of carbonyl (C=O) groups excluding carboxylic acids is 2. The number of piperazine rings is 1. The van der Waals surface area contributed by atoms with Gasteiger partial charge in [-0.1, -0.05) is 6.07 Å². The third kappa shape index (κ3) is 5.87. The Bertz CT molecular complexity index is 1220.